The summed E-state index contributed by atoms with van der Waals surface area (Å²) in [5.41, 5.74) is 0.827. The molecule has 2 aromatic rings. The molecule has 0 aliphatic heterocycles. The summed E-state index contributed by atoms with van der Waals surface area (Å²) in [7, 11) is -3.34. The second-order valence-electron chi connectivity index (χ2n) is 2.75. The van der Waals surface area contributed by atoms with E-state index in [1.165, 1.54) is 6.33 Å². The second kappa shape index (κ2) is 2.85. The van der Waals surface area contributed by atoms with Gasteiger partial charge in [-0.3, -0.25) is 0 Å². The number of sulfone groups is 1. The Morgan fingerprint density at radius 3 is 2.79 bits per heavy atom. The average Bonchev–Trinajstić information content (AvgIpc) is 2.48. The van der Waals surface area contributed by atoms with Crippen LogP contribution < -0.4 is 0 Å². The van der Waals surface area contributed by atoms with E-state index in [1.54, 1.807) is 0 Å². The molecule has 14 heavy (non-hydrogen) atoms. The molecule has 0 radical (unpaired) electrons. The summed E-state index contributed by atoms with van der Waals surface area (Å²) in [6.45, 7) is 0. The van der Waals surface area contributed by atoms with Crippen molar-refractivity contribution >= 4 is 33.2 Å². The van der Waals surface area contributed by atoms with Crippen molar-refractivity contribution in [1.82, 2.24) is 19.9 Å². The SMILES string of the molecule is CS(=O)(=O)c1nc2[nH]cnc(=S)c2[nH]1. The molecule has 0 aliphatic carbocycles. The summed E-state index contributed by atoms with van der Waals surface area (Å²) >= 11 is 4.89. The van der Waals surface area contributed by atoms with Gasteiger partial charge in [0.25, 0.3) is 0 Å². The van der Waals surface area contributed by atoms with Crippen LogP contribution in [0.25, 0.3) is 11.2 Å². The van der Waals surface area contributed by atoms with Crippen LogP contribution in [0.2, 0.25) is 0 Å². The number of imidazole rings is 1. The van der Waals surface area contributed by atoms with E-state index in [0.29, 0.717) is 15.8 Å². The predicted molar refractivity (Wildman–Crippen MR) is 52.2 cm³/mol. The molecule has 0 fully saturated rings. The minimum Gasteiger partial charge on any atom is -0.329 e. The molecule has 0 amide bonds. The Morgan fingerprint density at radius 1 is 1.50 bits per heavy atom. The standard InChI is InChI=1S/C6H6N4O2S2/c1-14(11,12)6-9-3-4(10-6)7-2-8-5(3)13/h2H,1H3,(H2,7,8,9,10,13). The Balaban J connectivity index is 2.88. The lowest BCUT2D eigenvalue weighted by molar-refractivity contribution is 0.595. The topological polar surface area (TPSA) is 91.5 Å². The summed E-state index contributed by atoms with van der Waals surface area (Å²) in [4.78, 5) is 12.9. The van der Waals surface area contributed by atoms with Crippen LogP contribution in [0.5, 0.6) is 0 Å². The fraction of sp³-hybridized carbons (Fsp3) is 0.167. The predicted octanol–water partition coefficient (Wildman–Crippen LogP) is 0.419. The third-order valence-electron chi connectivity index (χ3n) is 1.63. The first-order valence-corrected chi connectivity index (χ1v) is 5.92. The van der Waals surface area contributed by atoms with Gasteiger partial charge < -0.3 is 9.97 Å². The molecule has 0 saturated carbocycles. The van der Waals surface area contributed by atoms with Crippen LogP contribution in [-0.4, -0.2) is 34.6 Å². The van der Waals surface area contributed by atoms with Crippen molar-refractivity contribution in [2.45, 2.75) is 5.16 Å². The van der Waals surface area contributed by atoms with Gasteiger partial charge in [0.2, 0.25) is 15.0 Å². The molecule has 6 nitrogen and oxygen atoms in total. The van der Waals surface area contributed by atoms with Crippen molar-refractivity contribution in [2.75, 3.05) is 6.26 Å². The molecule has 2 rings (SSSR count). The van der Waals surface area contributed by atoms with Gasteiger partial charge in [0.15, 0.2) is 10.3 Å². The van der Waals surface area contributed by atoms with Gasteiger partial charge in [0.05, 0.1) is 6.33 Å². The molecule has 2 aromatic heterocycles. The normalized spacial score (nSPS) is 12.1. The number of rotatable bonds is 1. The van der Waals surface area contributed by atoms with Gasteiger partial charge in [-0.05, 0) is 0 Å². The van der Waals surface area contributed by atoms with Crippen molar-refractivity contribution in [3.63, 3.8) is 0 Å². The number of fused-ring (bicyclic) bond motifs is 1. The van der Waals surface area contributed by atoms with E-state index < -0.39 is 9.84 Å². The largest absolute Gasteiger partial charge is 0.329 e. The zero-order valence-electron chi connectivity index (χ0n) is 7.10. The fourth-order valence-corrected chi connectivity index (χ4v) is 1.75. The molecule has 0 atom stereocenters. The number of nitrogens with one attached hydrogen (secondary N) is 2. The Morgan fingerprint density at radius 2 is 2.21 bits per heavy atom. The molecule has 74 valence electrons. The molecule has 0 aliphatic rings. The first-order chi connectivity index (χ1) is 6.48. The first kappa shape index (κ1) is 9.28. The molecule has 0 aromatic carbocycles. The van der Waals surface area contributed by atoms with Crippen LogP contribution >= 0.6 is 12.2 Å². The maximum Gasteiger partial charge on any atom is 0.227 e. The number of hydrogen-bond acceptors (Lipinski definition) is 5. The average molecular weight is 230 g/mol. The summed E-state index contributed by atoms with van der Waals surface area (Å²) in [5, 5.41) is -0.108. The van der Waals surface area contributed by atoms with Crippen LogP contribution in [0, 0.1) is 4.64 Å². The lowest BCUT2D eigenvalue weighted by atomic mass is 10.6. The lowest BCUT2D eigenvalue weighted by Crippen LogP contribution is -1.98. The Kier molecular flexibility index (Phi) is 1.89. The van der Waals surface area contributed by atoms with Crippen LogP contribution in [0.1, 0.15) is 0 Å². The van der Waals surface area contributed by atoms with Crippen molar-refractivity contribution in [2.24, 2.45) is 0 Å². The highest BCUT2D eigenvalue weighted by Gasteiger charge is 2.13. The number of H-pyrrole nitrogens is 2. The van der Waals surface area contributed by atoms with Gasteiger partial charge in [-0.25, -0.2) is 18.4 Å². The van der Waals surface area contributed by atoms with E-state index in [9.17, 15) is 8.42 Å². The van der Waals surface area contributed by atoms with Gasteiger partial charge >= 0.3 is 0 Å². The molecule has 0 saturated heterocycles. The first-order valence-electron chi connectivity index (χ1n) is 3.62. The smallest absolute Gasteiger partial charge is 0.227 e. The van der Waals surface area contributed by atoms with Crippen LogP contribution in [-0.2, 0) is 9.84 Å². The minimum atomic E-state index is -3.34. The van der Waals surface area contributed by atoms with Crippen LogP contribution in [0.15, 0.2) is 11.5 Å². The maximum atomic E-state index is 11.2. The third kappa shape index (κ3) is 1.42. The van der Waals surface area contributed by atoms with Gasteiger partial charge in [0, 0.05) is 6.26 Å². The molecular weight excluding hydrogens is 224 g/mol. The highest BCUT2D eigenvalue weighted by atomic mass is 32.2. The van der Waals surface area contributed by atoms with Crippen molar-refractivity contribution in [3.8, 4) is 0 Å². The van der Waals surface area contributed by atoms with Crippen molar-refractivity contribution in [3.05, 3.63) is 11.0 Å². The van der Waals surface area contributed by atoms with Crippen LogP contribution in [0.4, 0.5) is 0 Å². The quantitative estimate of drug-likeness (QED) is 0.693. The zero-order valence-corrected chi connectivity index (χ0v) is 8.74. The van der Waals surface area contributed by atoms with E-state index in [4.69, 9.17) is 12.2 Å². The van der Waals surface area contributed by atoms with E-state index in [-0.39, 0.29) is 5.16 Å². The highest BCUT2D eigenvalue weighted by molar-refractivity contribution is 7.90. The maximum absolute atomic E-state index is 11.2. The van der Waals surface area contributed by atoms with E-state index in [0.717, 1.165) is 6.26 Å². The van der Waals surface area contributed by atoms with Gasteiger partial charge in [-0.1, -0.05) is 12.2 Å². The summed E-state index contributed by atoms with van der Waals surface area (Å²) < 4.78 is 22.6. The van der Waals surface area contributed by atoms with Gasteiger partial charge in [-0.2, -0.15) is 0 Å². The molecule has 8 heteroatoms. The number of hydrogen-bond donors (Lipinski definition) is 2. The van der Waals surface area contributed by atoms with Crippen molar-refractivity contribution in [1.29, 1.82) is 0 Å². The van der Waals surface area contributed by atoms with Gasteiger partial charge in [0.1, 0.15) is 5.52 Å². The summed E-state index contributed by atoms with van der Waals surface area (Å²) in [5.74, 6) is 0. The molecule has 0 spiro atoms. The van der Waals surface area contributed by atoms with E-state index in [2.05, 4.69) is 19.9 Å². The molecule has 0 bridgehead atoms. The Hall–Kier alpha value is -1.28. The van der Waals surface area contributed by atoms with E-state index in [1.807, 2.05) is 0 Å². The number of nitrogens with zero attached hydrogens (tertiary/aromatic N) is 2. The minimum absolute atomic E-state index is 0.108. The third-order valence-corrected chi connectivity index (χ3v) is 2.84. The highest BCUT2D eigenvalue weighted by Crippen LogP contribution is 2.11. The second-order valence-corrected chi connectivity index (χ2v) is 5.06. The molecule has 0 unspecified atom stereocenters. The van der Waals surface area contributed by atoms with Crippen LogP contribution in [0.3, 0.4) is 0 Å². The lowest BCUT2D eigenvalue weighted by Gasteiger charge is -1.86. The van der Waals surface area contributed by atoms with Gasteiger partial charge in [-0.15, -0.1) is 0 Å². The Bertz CT molecular complexity index is 639. The van der Waals surface area contributed by atoms with E-state index >= 15 is 0 Å². The zero-order chi connectivity index (χ0) is 10.3. The monoisotopic (exact) mass is 230 g/mol. The Labute approximate surface area is 84.3 Å². The molecule has 2 N–H and O–H groups in total. The number of aromatic amines is 2. The fourth-order valence-electron chi connectivity index (χ4n) is 1.00. The number of aromatic nitrogens is 4. The summed E-state index contributed by atoms with van der Waals surface area (Å²) in [6, 6.07) is 0. The van der Waals surface area contributed by atoms with Crippen molar-refractivity contribution < 1.29 is 8.42 Å². The molecular formula is C6H6N4O2S2. The molecule has 2 heterocycles. The summed E-state index contributed by atoms with van der Waals surface area (Å²) in [6.07, 6.45) is 2.44.